The highest BCUT2D eigenvalue weighted by Gasteiger charge is 2.46. The lowest BCUT2D eigenvalue weighted by atomic mass is 9.87. The van der Waals surface area contributed by atoms with E-state index >= 15 is 0 Å². The molecule has 2 aromatic heterocycles. The molecule has 0 aliphatic heterocycles. The number of aliphatic hydroxyl groups is 3. The molecule has 0 saturated heterocycles. The molecule has 2 heterocycles. The first-order chi connectivity index (χ1) is 21.3. The highest BCUT2D eigenvalue weighted by atomic mass is 16.5. The van der Waals surface area contributed by atoms with E-state index in [9.17, 15) is 24.9 Å². The van der Waals surface area contributed by atoms with Crippen LogP contribution < -0.4 is 20.3 Å². The maximum atomic E-state index is 13.2. The first-order valence-electron chi connectivity index (χ1n) is 14.4. The van der Waals surface area contributed by atoms with Gasteiger partial charge in [-0.2, -0.15) is 0 Å². The van der Waals surface area contributed by atoms with Crippen molar-refractivity contribution in [1.82, 2.24) is 0 Å². The second kappa shape index (κ2) is 12.5. The average molecular weight is 597 g/mol. The molecule has 0 fully saturated rings. The molecule has 44 heavy (non-hydrogen) atoms. The smallest absolute Gasteiger partial charge is 0.193 e. The summed E-state index contributed by atoms with van der Waals surface area (Å²) in [4.78, 5) is 26.3. The molecule has 9 nitrogen and oxygen atoms in total. The molecule has 9 heteroatoms. The lowest BCUT2D eigenvalue weighted by Crippen LogP contribution is -2.46. The molecule has 5 aromatic rings. The molecule has 0 unspecified atom stereocenters. The first kappa shape index (κ1) is 29.4. The molecule has 3 N–H and O–H groups in total. The van der Waals surface area contributed by atoms with Gasteiger partial charge in [-0.05, 0) is 30.0 Å². The largest absolute Gasteiger partial charge is 0.493 e. The maximum absolute atomic E-state index is 13.2. The molecule has 1 aliphatic rings. The van der Waals surface area contributed by atoms with Crippen LogP contribution in [0.4, 0.5) is 0 Å². The molecule has 6 rings (SSSR count). The summed E-state index contributed by atoms with van der Waals surface area (Å²) in [6, 6.07) is 25.2. The minimum atomic E-state index is -1.73. The zero-order valence-electron chi connectivity index (χ0n) is 24.0. The Morgan fingerprint density at radius 3 is 1.89 bits per heavy atom. The van der Waals surface area contributed by atoms with E-state index in [2.05, 4.69) is 0 Å². The van der Waals surface area contributed by atoms with E-state index in [0.29, 0.717) is 42.8 Å². The van der Waals surface area contributed by atoms with Gasteiger partial charge in [-0.25, -0.2) is 0 Å². The standard InChI is InChI=1S/C35H32O9/c1-41-28-19-27-24(25(36)16-22(42-27)14-12-20-8-4-2-5-9-20)18-29(28)44-35-33(40)32(39)31(38)30-26(37)17-23(43-34(30)35)15-13-21-10-6-3-7-11-21/h2-11,16-19,31-33,35,38-40H,12-15H2,1H3/t31-,32+,33-,35+/m0/s1. The zero-order valence-corrected chi connectivity index (χ0v) is 24.0. The normalized spacial score (nSPS) is 19.5. The Morgan fingerprint density at radius 1 is 0.682 bits per heavy atom. The molecule has 0 amide bonds. The maximum Gasteiger partial charge on any atom is 0.193 e. The van der Waals surface area contributed by atoms with Crippen LogP contribution in [0, 0.1) is 0 Å². The van der Waals surface area contributed by atoms with Crippen molar-refractivity contribution in [3.05, 3.63) is 139 Å². The van der Waals surface area contributed by atoms with Crippen LogP contribution in [-0.4, -0.2) is 34.6 Å². The number of aryl methyl sites for hydroxylation is 4. The van der Waals surface area contributed by atoms with E-state index in [1.54, 1.807) is 0 Å². The topological polar surface area (TPSA) is 140 Å². The number of hydrogen-bond donors (Lipinski definition) is 3. The van der Waals surface area contributed by atoms with E-state index in [0.717, 1.165) is 11.1 Å². The van der Waals surface area contributed by atoms with Crippen molar-refractivity contribution in [3.63, 3.8) is 0 Å². The van der Waals surface area contributed by atoms with Gasteiger partial charge in [0, 0.05) is 31.0 Å². The Morgan fingerprint density at radius 2 is 1.27 bits per heavy atom. The molecular weight excluding hydrogens is 564 g/mol. The number of hydrogen-bond acceptors (Lipinski definition) is 9. The van der Waals surface area contributed by atoms with Gasteiger partial charge < -0.3 is 33.6 Å². The van der Waals surface area contributed by atoms with Gasteiger partial charge in [0.25, 0.3) is 0 Å². The fraction of sp³-hybridized carbons (Fsp3) is 0.257. The molecule has 0 spiro atoms. The zero-order chi connectivity index (χ0) is 30.8. The second-order valence-electron chi connectivity index (χ2n) is 10.9. The van der Waals surface area contributed by atoms with Crippen LogP contribution in [0.3, 0.4) is 0 Å². The summed E-state index contributed by atoms with van der Waals surface area (Å²) < 4.78 is 23.8. The highest BCUT2D eigenvalue weighted by molar-refractivity contribution is 5.81. The monoisotopic (exact) mass is 596 g/mol. The van der Waals surface area contributed by atoms with Crippen molar-refractivity contribution >= 4 is 11.0 Å². The minimum absolute atomic E-state index is 0.0558. The molecule has 1 aliphatic carbocycles. The summed E-state index contributed by atoms with van der Waals surface area (Å²) in [6.45, 7) is 0. The number of rotatable bonds is 9. The summed E-state index contributed by atoms with van der Waals surface area (Å²) in [5.41, 5.74) is 1.41. The molecule has 3 aromatic carbocycles. The average Bonchev–Trinajstić information content (AvgIpc) is 3.04. The molecular formula is C35H32O9. The Balaban J connectivity index is 1.33. The Bertz CT molecular complexity index is 1880. The molecule has 0 radical (unpaired) electrons. The SMILES string of the molecule is COc1cc2oc(CCc3ccccc3)cc(=O)c2cc1O[C@H]1c2oc(CCc3ccccc3)cc(=O)c2[C@H](O)[C@@H](O)[C@@H]1O. The number of ether oxygens (including phenoxy) is 2. The molecule has 0 saturated carbocycles. The third kappa shape index (κ3) is 5.90. The molecule has 0 bridgehead atoms. The summed E-state index contributed by atoms with van der Waals surface area (Å²) in [5.74, 6) is 0.992. The van der Waals surface area contributed by atoms with Crippen LogP contribution in [-0.2, 0) is 25.7 Å². The minimum Gasteiger partial charge on any atom is -0.493 e. The van der Waals surface area contributed by atoms with Crippen molar-refractivity contribution in [1.29, 1.82) is 0 Å². The van der Waals surface area contributed by atoms with E-state index < -0.39 is 29.8 Å². The summed E-state index contributed by atoms with van der Waals surface area (Å²) in [5, 5.41) is 32.5. The van der Waals surface area contributed by atoms with Gasteiger partial charge in [0.05, 0.1) is 18.1 Å². The Hall–Kier alpha value is -4.70. The summed E-state index contributed by atoms with van der Waals surface area (Å²) in [6.07, 6.45) is -4.29. The highest BCUT2D eigenvalue weighted by Crippen LogP contribution is 2.41. The van der Waals surface area contributed by atoms with Crippen LogP contribution >= 0.6 is 0 Å². The number of benzene rings is 3. The van der Waals surface area contributed by atoms with Gasteiger partial charge in [-0.3, -0.25) is 9.59 Å². The lowest BCUT2D eigenvalue weighted by molar-refractivity contribution is -0.121. The van der Waals surface area contributed by atoms with Gasteiger partial charge in [0.1, 0.15) is 35.4 Å². The van der Waals surface area contributed by atoms with Crippen LogP contribution in [0.15, 0.2) is 103 Å². The second-order valence-corrected chi connectivity index (χ2v) is 10.9. The Labute approximate surface area is 252 Å². The van der Waals surface area contributed by atoms with Crippen molar-refractivity contribution < 1.29 is 33.6 Å². The van der Waals surface area contributed by atoms with Gasteiger partial charge >= 0.3 is 0 Å². The molecule has 4 atom stereocenters. The van der Waals surface area contributed by atoms with Gasteiger partial charge in [0.15, 0.2) is 34.2 Å². The number of methoxy groups -OCH3 is 1. The van der Waals surface area contributed by atoms with Gasteiger partial charge in [0.2, 0.25) is 0 Å². The lowest BCUT2D eigenvalue weighted by Gasteiger charge is -2.35. The summed E-state index contributed by atoms with van der Waals surface area (Å²) in [7, 11) is 1.41. The van der Waals surface area contributed by atoms with Crippen LogP contribution in [0.1, 0.15) is 46.2 Å². The van der Waals surface area contributed by atoms with Gasteiger partial charge in [-0.1, -0.05) is 60.7 Å². The van der Waals surface area contributed by atoms with E-state index in [1.807, 2.05) is 60.7 Å². The van der Waals surface area contributed by atoms with Crippen LogP contribution in [0.2, 0.25) is 0 Å². The van der Waals surface area contributed by atoms with Crippen molar-refractivity contribution in [3.8, 4) is 11.5 Å². The molecule has 226 valence electrons. The van der Waals surface area contributed by atoms with Crippen molar-refractivity contribution in [2.45, 2.75) is 50.1 Å². The fourth-order valence-corrected chi connectivity index (χ4v) is 5.56. The quantitative estimate of drug-likeness (QED) is 0.228. The number of aliphatic hydroxyl groups excluding tert-OH is 3. The Kier molecular flexibility index (Phi) is 8.34. The third-order valence-corrected chi connectivity index (χ3v) is 7.93. The first-order valence-corrected chi connectivity index (χ1v) is 14.4. The van der Waals surface area contributed by atoms with E-state index in [1.165, 1.54) is 31.4 Å². The van der Waals surface area contributed by atoms with Crippen molar-refractivity contribution in [2.24, 2.45) is 0 Å². The predicted molar refractivity (Wildman–Crippen MR) is 162 cm³/mol. The van der Waals surface area contributed by atoms with Gasteiger partial charge in [-0.15, -0.1) is 0 Å². The number of fused-ring (bicyclic) bond motifs is 2. The predicted octanol–water partition coefficient (Wildman–Crippen LogP) is 4.21. The van der Waals surface area contributed by atoms with Crippen LogP contribution in [0.5, 0.6) is 11.5 Å². The summed E-state index contributed by atoms with van der Waals surface area (Å²) >= 11 is 0. The van der Waals surface area contributed by atoms with E-state index in [-0.39, 0.29) is 33.6 Å². The fourth-order valence-electron chi connectivity index (χ4n) is 5.56. The van der Waals surface area contributed by atoms with E-state index in [4.69, 9.17) is 18.3 Å². The third-order valence-electron chi connectivity index (χ3n) is 7.93. The van der Waals surface area contributed by atoms with Crippen LogP contribution in [0.25, 0.3) is 11.0 Å². The van der Waals surface area contributed by atoms with Crippen molar-refractivity contribution in [2.75, 3.05) is 7.11 Å².